The molecular weight excluding hydrogens is 339 g/mol. The Balaban J connectivity index is 0.000000791. The van der Waals surface area contributed by atoms with E-state index in [4.69, 9.17) is 16.3 Å². The number of rotatable bonds is 4. The number of hydrogen-bond donors (Lipinski definition) is 0. The average molecular weight is 353 g/mol. The van der Waals surface area contributed by atoms with Gasteiger partial charge in [0.2, 0.25) is 0 Å². The number of benzene rings is 2. The van der Waals surface area contributed by atoms with Crippen LogP contribution in [0.2, 0.25) is 5.02 Å². The number of halogens is 4. The Morgan fingerprint density at radius 3 is 2.23 bits per heavy atom. The second-order valence-corrected chi connectivity index (χ2v) is 4.43. The maximum Gasteiger partial charge on any atom is 1.00 e. The Labute approximate surface area is 176 Å². The van der Waals surface area contributed by atoms with Gasteiger partial charge >= 0.3 is 58.9 Å². The third-order valence-corrected chi connectivity index (χ3v) is 2.89. The van der Waals surface area contributed by atoms with E-state index in [1.54, 1.807) is 0 Å². The third kappa shape index (κ3) is 9.23. The predicted octanol–water partition coefficient (Wildman–Crippen LogP) is 2.01. The van der Waals surface area contributed by atoms with Crippen LogP contribution >= 0.6 is 11.6 Å². The summed E-state index contributed by atoms with van der Waals surface area (Å²) in [4.78, 5) is 0. The zero-order valence-electron chi connectivity index (χ0n) is 12.5. The van der Waals surface area contributed by atoms with E-state index in [1.807, 2.05) is 37.3 Å². The fourth-order valence-electron chi connectivity index (χ4n) is 1.67. The van der Waals surface area contributed by atoms with Crippen LogP contribution in [0, 0.1) is 6.07 Å². The van der Waals surface area contributed by atoms with Crippen LogP contribution in [0.4, 0.5) is 12.9 Å². The Morgan fingerprint density at radius 1 is 1.14 bits per heavy atom. The van der Waals surface area contributed by atoms with Crippen molar-refractivity contribution in [3.63, 3.8) is 0 Å². The van der Waals surface area contributed by atoms with E-state index >= 15 is 0 Å². The molecule has 0 aromatic heterocycles. The number of ether oxygens (including phenoxy) is 1. The molecule has 0 aliphatic heterocycles. The van der Waals surface area contributed by atoms with Gasteiger partial charge in [-0.15, -0.1) is 17.2 Å². The molecule has 0 amide bonds. The molecule has 0 unspecified atom stereocenters. The summed E-state index contributed by atoms with van der Waals surface area (Å²) in [6.07, 6.45) is 0.822. The zero-order chi connectivity index (χ0) is 15.7. The smallest absolute Gasteiger partial charge is 0.494 e. The van der Waals surface area contributed by atoms with Gasteiger partial charge in [-0.1, -0.05) is 22.7 Å². The van der Waals surface area contributed by atoms with Gasteiger partial charge in [0.15, 0.2) is 0 Å². The molecule has 7 heteroatoms. The molecule has 2 aromatic carbocycles. The molecule has 0 atom stereocenters. The van der Waals surface area contributed by atoms with Crippen LogP contribution in [0.25, 0.3) is 0 Å². The maximum absolute atomic E-state index is 9.67. The summed E-state index contributed by atoms with van der Waals surface area (Å²) in [6, 6.07) is 16.8. The van der Waals surface area contributed by atoms with Crippen LogP contribution in [0.15, 0.2) is 42.5 Å². The van der Waals surface area contributed by atoms with E-state index in [9.17, 15) is 12.9 Å². The van der Waals surface area contributed by atoms with Crippen molar-refractivity contribution < 1.29 is 69.1 Å². The molecule has 0 fully saturated rings. The monoisotopic (exact) mass is 352 g/mol. The normalized spacial score (nSPS) is 9.14. The summed E-state index contributed by atoms with van der Waals surface area (Å²) >= 11 is 6.11. The molecule has 0 aliphatic carbocycles. The van der Waals surface area contributed by atoms with E-state index in [1.165, 1.54) is 5.56 Å². The topological polar surface area (TPSA) is 9.23 Å². The average Bonchev–Trinajstić information content (AvgIpc) is 2.43. The first-order chi connectivity index (χ1) is 10.0. The van der Waals surface area contributed by atoms with Gasteiger partial charge in [-0.05, 0) is 25.5 Å². The predicted molar refractivity (Wildman–Crippen MR) is 79.8 cm³/mol. The molecule has 0 N–H and O–H groups in total. The molecular formula is C15H14BClF3KO. The quantitative estimate of drug-likeness (QED) is 0.604. The first-order valence-corrected chi connectivity index (χ1v) is 6.69. The first kappa shape index (κ1) is 22.0. The van der Waals surface area contributed by atoms with E-state index < -0.39 is 7.54 Å². The van der Waals surface area contributed by atoms with Gasteiger partial charge in [0.25, 0.3) is 0 Å². The minimum Gasteiger partial charge on any atom is -0.494 e. The Kier molecular flexibility index (Phi) is 12.5. The minimum absolute atomic E-state index is 0. The van der Waals surface area contributed by atoms with Crippen LogP contribution in [-0.4, -0.2) is 14.2 Å². The fraction of sp³-hybridized carbons (Fsp3) is 0.200. The molecule has 0 bridgehead atoms. The van der Waals surface area contributed by atoms with Crippen LogP contribution in [0.3, 0.4) is 0 Å². The van der Waals surface area contributed by atoms with Crippen molar-refractivity contribution in [3.05, 3.63) is 64.7 Å². The number of hydrogen-bond acceptors (Lipinski definition) is 1. The summed E-state index contributed by atoms with van der Waals surface area (Å²) in [5.41, 5.74) is 2.31. The maximum atomic E-state index is 9.67. The molecule has 2 aromatic rings. The van der Waals surface area contributed by atoms with Crippen LogP contribution in [-0.2, 0) is 6.42 Å². The van der Waals surface area contributed by atoms with E-state index in [-0.39, 0.29) is 51.4 Å². The van der Waals surface area contributed by atoms with Crippen molar-refractivity contribution in [1.29, 1.82) is 0 Å². The van der Waals surface area contributed by atoms with Crippen molar-refractivity contribution in [2.75, 3.05) is 6.61 Å². The molecule has 0 saturated heterocycles. The molecule has 0 saturated carbocycles. The molecule has 22 heavy (non-hydrogen) atoms. The van der Waals surface area contributed by atoms with Crippen molar-refractivity contribution >= 4 is 19.1 Å². The van der Waals surface area contributed by atoms with Crippen LogP contribution < -0.4 is 56.1 Å². The van der Waals surface area contributed by atoms with E-state index in [0.29, 0.717) is 6.61 Å². The fourth-order valence-corrected chi connectivity index (χ4v) is 1.86. The SMILES string of the molecule is CCOc1ccc(Cc2c[c-]ccc2Cl)cc1.FB(F)F.[K+]. The van der Waals surface area contributed by atoms with Gasteiger partial charge in [-0.25, -0.2) is 0 Å². The van der Waals surface area contributed by atoms with Gasteiger partial charge in [-0.3, -0.25) is 12.9 Å². The van der Waals surface area contributed by atoms with Crippen molar-refractivity contribution in [2.24, 2.45) is 0 Å². The first-order valence-electron chi connectivity index (χ1n) is 6.31. The van der Waals surface area contributed by atoms with Gasteiger partial charge < -0.3 is 4.74 Å². The van der Waals surface area contributed by atoms with E-state index in [2.05, 4.69) is 18.2 Å². The summed E-state index contributed by atoms with van der Waals surface area (Å²) in [5.74, 6) is 0.905. The standard InChI is InChI=1S/C15H14ClO.BF3.K/c1-2-17-14-9-7-12(8-10-14)11-13-5-3-4-6-15(13)16;2-1(3)4;/h4-10H,2,11H2,1H3;;/q-1;;+1. The molecule has 2 rings (SSSR count). The van der Waals surface area contributed by atoms with Gasteiger partial charge in [-0.2, -0.15) is 24.3 Å². The van der Waals surface area contributed by atoms with Gasteiger partial charge in [0, 0.05) is 0 Å². The summed E-state index contributed by atoms with van der Waals surface area (Å²) in [6.45, 7) is 2.67. The van der Waals surface area contributed by atoms with Crippen molar-refractivity contribution in [3.8, 4) is 5.75 Å². The molecule has 0 heterocycles. The zero-order valence-corrected chi connectivity index (χ0v) is 16.3. The second-order valence-electron chi connectivity index (χ2n) is 4.02. The molecule has 112 valence electrons. The van der Waals surface area contributed by atoms with Gasteiger partial charge in [0.1, 0.15) is 5.75 Å². The summed E-state index contributed by atoms with van der Waals surface area (Å²) < 4.78 is 34.4. The van der Waals surface area contributed by atoms with Gasteiger partial charge in [0.05, 0.1) is 6.61 Å². The molecule has 0 spiro atoms. The minimum atomic E-state index is -3.67. The summed E-state index contributed by atoms with van der Waals surface area (Å²) in [5, 5.41) is 0.789. The third-order valence-electron chi connectivity index (χ3n) is 2.52. The molecule has 0 aliphatic rings. The Bertz CT molecular complexity index is 538. The van der Waals surface area contributed by atoms with Crippen LogP contribution in [0.1, 0.15) is 18.1 Å². The van der Waals surface area contributed by atoms with Crippen molar-refractivity contribution in [1.82, 2.24) is 0 Å². The Morgan fingerprint density at radius 2 is 1.73 bits per heavy atom. The van der Waals surface area contributed by atoms with Crippen LogP contribution in [0.5, 0.6) is 5.75 Å². The van der Waals surface area contributed by atoms with E-state index in [0.717, 1.165) is 22.8 Å². The second kappa shape index (κ2) is 12.4. The largest absolute Gasteiger partial charge is 1.00 e. The van der Waals surface area contributed by atoms with Crippen molar-refractivity contribution in [2.45, 2.75) is 13.3 Å². The molecule has 0 radical (unpaired) electrons. The Hall–Kier alpha value is 0.0213. The molecule has 1 nitrogen and oxygen atoms in total. The summed E-state index contributed by atoms with van der Waals surface area (Å²) in [7, 11) is -3.67.